The molecule has 1 aromatic rings. The molecule has 0 bridgehead atoms. The van der Waals surface area contributed by atoms with Crippen molar-refractivity contribution < 1.29 is 0 Å². The van der Waals surface area contributed by atoms with Gasteiger partial charge < -0.3 is 15.5 Å². The third-order valence-electron chi connectivity index (χ3n) is 2.68. The van der Waals surface area contributed by atoms with Crippen LogP contribution in [0.1, 0.15) is 24.7 Å². The Bertz CT molecular complexity index is 376. The summed E-state index contributed by atoms with van der Waals surface area (Å²) in [5.41, 5.74) is 1.09. The molecule has 1 aromatic heterocycles. The Labute approximate surface area is 110 Å². The summed E-state index contributed by atoms with van der Waals surface area (Å²) in [5, 5.41) is 6.66. The number of hydrogen-bond donors (Lipinski definition) is 2. The van der Waals surface area contributed by atoms with Gasteiger partial charge in [-0.05, 0) is 47.8 Å². The van der Waals surface area contributed by atoms with Crippen molar-refractivity contribution in [3.8, 4) is 0 Å². The lowest BCUT2D eigenvalue weighted by Crippen LogP contribution is -2.17. The fourth-order valence-electron chi connectivity index (χ4n) is 1.74. The molecule has 0 saturated carbocycles. The molecule has 0 radical (unpaired) electrons. The molecule has 0 fully saturated rings. The maximum atomic E-state index is 4.46. The summed E-state index contributed by atoms with van der Waals surface area (Å²) < 4.78 is 0. The van der Waals surface area contributed by atoms with Gasteiger partial charge >= 0.3 is 0 Å². The second kappa shape index (κ2) is 7.16. The fraction of sp³-hybridized carbons (Fsp3) is 0.692. The molecule has 5 heteroatoms. The summed E-state index contributed by atoms with van der Waals surface area (Å²) >= 11 is 0. The zero-order valence-corrected chi connectivity index (χ0v) is 12.2. The zero-order valence-electron chi connectivity index (χ0n) is 12.2. The number of hydrogen-bond acceptors (Lipinski definition) is 5. The SMILES string of the molecule is CCNc1nc(C)nc(NCCCN(C)C)c1C. The number of aryl methyl sites for hydroxylation is 1. The van der Waals surface area contributed by atoms with Crippen molar-refractivity contribution in [2.75, 3.05) is 44.4 Å². The molecule has 0 aromatic carbocycles. The van der Waals surface area contributed by atoms with E-state index >= 15 is 0 Å². The third-order valence-corrected chi connectivity index (χ3v) is 2.68. The van der Waals surface area contributed by atoms with Gasteiger partial charge in [-0.1, -0.05) is 0 Å². The van der Waals surface area contributed by atoms with E-state index < -0.39 is 0 Å². The molecule has 0 amide bonds. The molecule has 0 unspecified atom stereocenters. The number of nitrogens with one attached hydrogen (secondary N) is 2. The van der Waals surface area contributed by atoms with Crippen LogP contribution in [0.4, 0.5) is 11.6 Å². The van der Waals surface area contributed by atoms with Crippen molar-refractivity contribution in [1.29, 1.82) is 0 Å². The first-order chi connectivity index (χ1) is 8.54. The highest BCUT2D eigenvalue weighted by Crippen LogP contribution is 2.19. The molecule has 102 valence electrons. The standard InChI is InChI=1S/C13H25N5/c1-6-14-12-10(2)13(17-11(3)16-12)15-8-7-9-18(4)5/h6-9H2,1-5H3,(H2,14,15,16,17). The second-order valence-electron chi connectivity index (χ2n) is 4.71. The van der Waals surface area contributed by atoms with E-state index in [1.165, 1.54) is 0 Å². The Morgan fingerprint density at radius 1 is 1.06 bits per heavy atom. The number of nitrogens with zero attached hydrogens (tertiary/aromatic N) is 3. The van der Waals surface area contributed by atoms with Crippen LogP contribution in [-0.4, -0.2) is 48.6 Å². The van der Waals surface area contributed by atoms with E-state index in [2.05, 4.69) is 46.5 Å². The number of aromatic nitrogens is 2. The van der Waals surface area contributed by atoms with Gasteiger partial charge in [-0.25, -0.2) is 9.97 Å². The van der Waals surface area contributed by atoms with E-state index in [1.54, 1.807) is 0 Å². The largest absolute Gasteiger partial charge is 0.370 e. The Kier molecular flexibility index (Phi) is 5.85. The lowest BCUT2D eigenvalue weighted by Gasteiger charge is -2.14. The molecule has 0 aliphatic rings. The molecule has 2 N–H and O–H groups in total. The van der Waals surface area contributed by atoms with E-state index in [1.807, 2.05) is 13.8 Å². The minimum absolute atomic E-state index is 0.798. The molecule has 5 nitrogen and oxygen atoms in total. The Hall–Kier alpha value is -1.36. The van der Waals surface area contributed by atoms with Crippen molar-refractivity contribution in [3.05, 3.63) is 11.4 Å². The Morgan fingerprint density at radius 2 is 1.67 bits per heavy atom. The van der Waals surface area contributed by atoms with E-state index in [0.717, 1.165) is 49.1 Å². The lowest BCUT2D eigenvalue weighted by molar-refractivity contribution is 0.405. The van der Waals surface area contributed by atoms with Crippen molar-refractivity contribution in [2.45, 2.75) is 27.2 Å². The Balaban J connectivity index is 2.64. The number of rotatable bonds is 7. The highest BCUT2D eigenvalue weighted by molar-refractivity contribution is 5.57. The van der Waals surface area contributed by atoms with Gasteiger partial charge in [0.15, 0.2) is 0 Å². The van der Waals surface area contributed by atoms with Crippen LogP contribution in [0, 0.1) is 13.8 Å². The number of anilines is 2. The summed E-state index contributed by atoms with van der Waals surface area (Å²) in [6, 6.07) is 0. The lowest BCUT2D eigenvalue weighted by atomic mass is 10.3. The zero-order chi connectivity index (χ0) is 13.5. The summed E-state index contributed by atoms with van der Waals surface area (Å²) in [5.74, 6) is 2.67. The van der Waals surface area contributed by atoms with Gasteiger partial charge in [0, 0.05) is 18.7 Å². The van der Waals surface area contributed by atoms with Gasteiger partial charge in [-0.3, -0.25) is 0 Å². The van der Waals surface area contributed by atoms with Crippen molar-refractivity contribution in [2.24, 2.45) is 0 Å². The van der Waals surface area contributed by atoms with Crippen LogP contribution in [-0.2, 0) is 0 Å². The van der Waals surface area contributed by atoms with Gasteiger partial charge in [0.1, 0.15) is 17.5 Å². The molecule has 0 saturated heterocycles. The average Bonchev–Trinajstić information content (AvgIpc) is 2.30. The Morgan fingerprint density at radius 3 is 2.22 bits per heavy atom. The van der Waals surface area contributed by atoms with Gasteiger partial charge in [0.25, 0.3) is 0 Å². The van der Waals surface area contributed by atoms with Crippen LogP contribution in [0.5, 0.6) is 0 Å². The molecule has 1 heterocycles. The first-order valence-electron chi connectivity index (χ1n) is 6.52. The first-order valence-corrected chi connectivity index (χ1v) is 6.52. The minimum atomic E-state index is 0.798. The monoisotopic (exact) mass is 251 g/mol. The maximum Gasteiger partial charge on any atom is 0.134 e. The molecule has 0 atom stereocenters. The van der Waals surface area contributed by atoms with E-state index in [-0.39, 0.29) is 0 Å². The average molecular weight is 251 g/mol. The smallest absolute Gasteiger partial charge is 0.134 e. The van der Waals surface area contributed by atoms with E-state index in [4.69, 9.17) is 0 Å². The molecule has 1 rings (SSSR count). The summed E-state index contributed by atoms with van der Waals surface area (Å²) in [6.45, 7) is 8.92. The van der Waals surface area contributed by atoms with Gasteiger partial charge in [-0.2, -0.15) is 0 Å². The fourth-order valence-corrected chi connectivity index (χ4v) is 1.74. The van der Waals surface area contributed by atoms with E-state index in [0.29, 0.717) is 0 Å². The van der Waals surface area contributed by atoms with Crippen LogP contribution in [0.2, 0.25) is 0 Å². The molecular formula is C13H25N5. The minimum Gasteiger partial charge on any atom is -0.370 e. The molecule has 0 spiro atoms. The maximum absolute atomic E-state index is 4.46. The quantitative estimate of drug-likeness (QED) is 0.725. The van der Waals surface area contributed by atoms with Crippen LogP contribution < -0.4 is 10.6 Å². The van der Waals surface area contributed by atoms with Crippen LogP contribution in [0.25, 0.3) is 0 Å². The normalized spacial score (nSPS) is 10.8. The molecule has 0 aliphatic carbocycles. The second-order valence-corrected chi connectivity index (χ2v) is 4.71. The third kappa shape index (κ3) is 4.49. The van der Waals surface area contributed by atoms with Crippen molar-refractivity contribution >= 4 is 11.6 Å². The van der Waals surface area contributed by atoms with Crippen LogP contribution in [0.15, 0.2) is 0 Å². The van der Waals surface area contributed by atoms with Crippen molar-refractivity contribution in [1.82, 2.24) is 14.9 Å². The van der Waals surface area contributed by atoms with Crippen LogP contribution >= 0.6 is 0 Å². The van der Waals surface area contributed by atoms with Crippen LogP contribution in [0.3, 0.4) is 0 Å². The summed E-state index contributed by atoms with van der Waals surface area (Å²) in [4.78, 5) is 11.0. The van der Waals surface area contributed by atoms with Crippen molar-refractivity contribution in [3.63, 3.8) is 0 Å². The molecule has 18 heavy (non-hydrogen) atoms. The van der Waals surface area contributed by atoms with E-state index in [9.17, 15) is 0 Å². The molecular weight excluding hydrogens is 226 g/mol. The predicted molar refractivity (Wildman–Crippen MR) is 77.3 cm³/mol. The van der Waals surface area contributed by atoms with Gasteiger partial charge in [-0.15, -0.1) is 0 Å². The highest BCUT2D eigenvalue weighted by Gasteiger charge is 2.07. The predicted octanol–water partition coefficient (Wildman–Crippen LogP) is 1.89. The van der Waals surface area contributed by atoms with Gasteiger partial charge in [0.2, 0.25) is 0 Å². The molecule has 0 aliphatic heterocycles. The summed E-state index contributed by atoms with van der Waals surface area (Å²) in [6.07, 6.45) is 1.10. The van der Waals surface area contributed by atoms with Gasteiger partial charge in [0.05, 0.1) is 0 Å². The highest BCUT2D eigenvalue weighted by atomic mass is 15.1. The first kappa shape index (κ1) is 14.7. The topological polar surface area (TPSA) is 53.1 Å². The summed E-state index contributed by atoms with van der Waals surface area (Å²) in [7, 11) is 4.17.